The SMILES string of the molecule is COc1ccc(-c2ccns2)cc1OP(=O)(O)O. The van der Waals surface area contributed by atoms with E-state index in [0.29, 0.717) is 0 Å². The van der Waals surface area contributed by atoms with Crippen molar-refractivity contribution in [2.24, 2.45) is 0 Å². The van der Waals surface area contributed by atoms with E-state index in [4.69, 9.17) is 14.5 Å². The first kappa shape index (κ1) is 13.0. The van der Waals surface area contributed by atoms with Gasteiger partial charge in [0.15, 0.2) is 11.5 Å². The van der Waals surface area contributed by atoms with Gasteiger partial charge in [0.2, 0.25) is 0 Å². The maximum Gasteiger partial charge on any atom is 0.524 e. The second-order valence-corrected chi connectivity index (χ2v) is 5.32. The number of benzene rings is 1. The third-order valence-electron chi connectivity index (χ3n) is 2.10. The van der Waals surface area contributed by atoms with Crippen LogP contribution in [0.5, 0.6) is 11.5 Å². The highest BCUT2D eigenvalue weighted by molar-refractivity contribution is 7.46. The van der Waals surface area contributed by atoms with E-state index in [-0.39, 0.29) is 11.5 Å². The van der Waals surface area contributed by atoms with E-state index in [1.807, 2.05) is 0 Å². The van der Waals surface area contributed by atoms with E-state index in [1.54, 1.807) is 24.4 Å². The predicted molar refractivity (Wildman–Crippen MR) is 66.8 cm³/mol. The van der Waals surface area contributed by atoms with Gasteiger partial charge in [0.1, 0.15) is 0 Å². The van der Waals surface area contributed by atoms with Crippen LogP contribution in [0.2, 0.25) is 0 Å². The molecule has 1 aromatic heterocycles. The third-order valence-corrected chi connectivity index (χ3v) is 3.33. The molecule has 0 saturated carbocycles. The summed E-state index contributed by atoms with van der Waals surface area (Å²) in [6.07, 6.45) is 1.65. The summed E-state index contributed by atoms with van der Waals surface area (Å²) in [4.78, 5) is 18.5. The van der Waals surface area contributed by atoms with Crippen molar-refractivity contribution >= 4 is 19.4 Å². The number of ether oxygens (including phenoxy) is 1. The van der Waals surface area contributed by atoms with Crippen LogP contribution in [-0.2, 0) is 4.57 Å². The van der Waals surface area contributed by atoms with Crippen LogP contribution < -0.4 is 9.26 Å². The van der Waals surface area contributed by atoms with Gasteiger partial charge in [-0.25, -0.2) is 8.94 Å². The molecule has 6 nitrogen and oxygen atoms in total. The van der Waals surface area contributed by atoms with Crippen molar-refractivity contribution in [2.75, 3.05) is 7.11 Å². The van der Waals surface area contributed by atoms with Gasteiger partial charge in [0, 0.05) is 6.20 Å². The second kappa shape index (κ2) is 5.07. The van der Waals surface area contributed by atoms with Gasteiger partial charge >= 0.3 is 7.82 Å². The van der Waals surface area contributed by atoms with Gasteiger partial charge in [-0.3, -0.25) is 9.79 Å². The Labute approximate surface area is 107 Å². The molecule has 0 aliphatic carbocycles. The average molecular weight is 287 g/mol. The molecule has 0 amide bonds. The Hall–Kier alpha value is -1.40. The van der Waals surface area contributed by atoms with E-state index < -0.39 is 7.82 Å². The van der Waals surface area contributed by atoms with E-state index >= 15 is 0 Å². The number of hydrogen-bond donors (Lipinski definition) is 2. The van der Waals surface area contributed by atoms with Gasteiger partial charge in [-0.05, 0) is 41.4 Å². The smallest absolute Gasteiger partial charge is 0.493 e. The number of methoxy groups -OCH3 is 1. The van der Waals surface area contributed by atoms with E-state index in [2.05, 4.69) is 8.90 Å². The minimum Gasteiger partial charge on any atom is -0.493 e. The second-order valence-electron chi connectivity index (χ2n) is 3.32. The standard InChI is InChI=1S/C10H10NO5PS/c1-15-8-3-2-7(10-4-5-11-18-10)6-9(8)16-17(12,13)14/h2-6H,1H3,(H2,12,13,14). The van der Waals surface area contributed by atoms with Crippen LogP contribution in [0.25, 0.3) is 10.4 Å². The molecule has 2 aromatic rings. The van der Waals surface area contributed by atoms with Crippen LogP contribution >= 0.6 is 19.4 Å². The van der Waals surface area contributed by atoms with Crippen molar-refractivity contribution in [3.63, 3.8) is 0 Å². The first-order valence-corrected chi connectivity index (χ1v) is 7.14. The number of aromatic nitrogens is 1. The Morgan fingerprint density at radius 2 is 2.06 bits per heavy atom. The van der Waals surface area contributed by atoms with Gasteiger partial charge in [0.05, 0.1) is 12.0 Å². The first-order valence-electron chi connectivity index (χ1n) is 4.84. The van der Waals surface area contributed by atoms with Gasteiger partial charge in [-0.1, -0.05) is 0 Å². The van der Waals surface area contributed by atoms with Crippen molar-refractivity contribution in [2.45, 2.75) is 0 Å². The molecular formula is C10H10NO5PS. The van der Waals surface area contributed by atoms with Crippen LogP contribution in [0.1, 0.15) is 0 Å². The Bertz CT molecular complexity index is 580. The summed E-state index contributed by atoms with van der Waals surface area (Å²) in [5.74, 6) is 0.253. The molecule has 1 heterocycles. The monoisotopic (exact) mass is 287 g/mol. The summed E-state index contributed by atoms with van der Waals surface area (Å²) in [5, 5.41) is 0. The summed E-state index contributed by atoms with van der Waals surface area (Å²) in [6, 6.07) is 6.65. The van der Waals surface area contributed by atoms with Gasteiger partial charge < -0.3 is 9.26 Å². The summed E-state index contributed by atoms with van der Waals surface area (Å²) in [5.41, 5.74) is 0.752. The minimum absolute atomic E-state index is 0.00302. The largest absolute Gasteiger partial charge is 0.524 e. The van der Waals surface area contributed by atoms with E-state index in [0.717, 1.165) is 10.4 Å². The summed E-state index contributed by atoms with van der Waals surface area (Å²) >= 11 is 1.28. The molecule has 2 rings (SSSR count). The maximum atomic E-state index is 10.9. The maximum absolute atomic E-state index is 10.9. The Kier molecular flexibility index (Phi) is 3.68. The lowest BCUT2D eigenvalue weighted by atomic mass is 10.2. The summed E-state index contributed by atoms with van der Waals surface area (Å²) < 4.78 is 24.4. The van der Waals surface area contributed by atoms with E-state index in [1.165, 1.54) is 24.7 Å². The highest BCUT2D eigenvalue weighted by atomic mass is 32.1. The molecule has 0 saturated heterocycles. The molecule has 0 atom stereocenters. The number of hydrogen-bond acceptors (Lipinski definition) is 5. The lowest BCUT2D eigenvalue weighted by Crippen LogP contribution is -1.94. The summed E-state index contributed by atoms with van der Waals surface area (Å²) in [7, 11) is -3.22. The van der Waals surface area contributed by atoms with Crippen LogP contribution in [0.4, 0.5) is 0 Å². The molecule has 0 unspecified atom stereocenters. The third kappa shape index (κ3) is 3.08. The lowest BCUT2D eigenvalue weighted by Gasteiger charge is -2.11. The van der Waals surface area contributed by atoms with E-state index in [9.17, 15) is 4.57 Å². The molecule has 0 bridgehead atoms. The van der Waals surface area contributed by atoms with Crippen LogP contribution in [0.15, 0.2) is 30.5 Å². The van der Waals surface area contributed by atoms with Gasteiger partial charge in [-0.15, -0.1) is 0 Å². The number of rotatable bonds is 4. The molecule has 0 aliphatic rings. The fourth-order valence-corrected chi connectivity index (χ4v) is 2.38. The molecular weight excluding hydrogens is 277 g/mol. The number of phosphoric acid groups is 1. The van der Waals surface area contributed by atoms with Crippen molar-refractivity contribution < 1.29 is 23.6 Å². The number of nitrogens with zero attached hydrogens (tertiary/aromatic N) is 1. The molecule has 18 heavy (non-hydrogen) atoms. The zero-order valence-electron chi connectivity index (χ0n) is 9.31. The molecule has 0 radical (unpaired) electrons. The lowest BCUT2D eigenvalue weighted by molar-refractivity contribution is 0.276. The molecule has 0 aliphatic heterocycles. The van der Waals surface area contributed by atoms with Crippen LogP contribution in [0, 0.1) is 0 Å². The molecule has 0 fully saturated rings. The highest BCUT2D eigenvalue weighted by Gasteiger charge is 2.19. The van der Waals surface area contributed by atoms with Gasteiger partial charge in [-0.2, -0.15) is 0 Å². The normalized spacial score (nSPS) is 11.3. The first-order chi connectivity index (χ1) is 8.49. The average Bonchev–Trinajstić information content (AvgIpc) is 2.80. The van der Waals surface area contributed by atoms with Crippen molar-refractivity contribution in [1.82, 2.24) is 4.37 Å². The molecule has 2 N–H and O–H groups in total. The fraction of sp³-hybridized carbons (Fsp3) is 0.100. The Balaban J connectivity index is 2.42. The predicted octanol–water partition coefficient (Wildman–Crippen LogP) is 2.29. The zero-order chi connectivity index (χ0) is 13.2. The molecule has 1 aromatic carbocycles. The molecule has 8 heteroatoms. The van der Waals surface area contributed by atoms with Crippen LogP contribution in [0.3, 0.4) is 0 Å². The quantitative estimate of drug-likeness (QED) is 0.839. The van der Waals surface area contributed by atoms with Gasteiger partial charge in [0.25, 0.3) is 0 Å². The molecule has 0 spiro atoms. The molecule has 96 valence electrons. The topological polar surface area (TPSA) is 88.9 Å². The number of phosphoric ester groups is 1. The fourth-order valence-electron chi connectivity index (χ4n) is 1.39. The van der Waals surface area contributed by atoms with Crippen molar-refractivity contribution in [3.05, 3.63) is 30.5 Å². The Morgan fingerprint density at radius 1 is 1.28 bits per heavy atom. The van der Waals surface area contributed by atoms with Crippen molar-refractivity contribution in [1.29, 1.82) is 0 Å². The minimum atomic E-state index is -4.62. The highest BCUT2D eigenvalue weighted by Crippen LogP contribution is 2.43. The zero-order valence-corrected chi connectivity index (χ0v) is 11.0. The summed E-state index contributed by atoms with van der Waals surface area (Å²) in [6.45, 7) is 0. The van der Waals surface area contributed by atoms with Crippen molar-refractivity contribution in [3.8, 4) is 21.9 Å². The van der Waals surface area contributed by atoms with Crippen LogP contribution in [-0.4, -0.2) is 21.3 Å². The Morgan fingerprint density at radius 3 is 2.61 bits per heavy atom.